The molecule has 2 rings (SSSR count). The van der Waals surface area contributed by atoms with Crippen LogP contribution >= 0.6 is 0 Å². The van der Waals surface area contributed by atoms with Crippen LogP contribution < -0.4 is 5.73 Å². The lowest BCUT2D eigenvalue weighted by atomic mass is 9.73. The molecule has 2 heteroatoms. The summed E-state index contributed by atoms with van der Waals surface area (Å²) in [4.78, 5) is 0. The van der Waals surface area contributed by atoms with Gasteiger partial charge in [-0.05, 0) is 42.4 Å². The Bertz CT molecular complexity index is 377. The van der Waals surface area contributed by atoms with Crippen LogP contribution in [0, 0.1) is 17.7 Å². The summed E-state index contributed by atoms with van der Waals surface area (Å²) < 4.78 is 13.2. The van der Waals surface area contributed by atoms with Gasteiger partial charge in [0, 0.05) is 6.04 Å². The molecule has 3 atom stereocenters. The van der Waals surface area contributed by atoms with Crippen molar-refractivity contribution in [1.82, 2.24) is 0 Å². The topological polar surface area (TPSA) is 26.0 Å². The molecular weight excluding hydrogens is 225 g/mol. The summed E-state index contributed by atoms with van der Waals surface area (Å²) in [6, 6.07) is 7.04. The molecule has 0 amide bonds. The Kier molecular flexibility index (Phi) is 4.76. The summed E-state index contributed by atoms with van der Waals surface area (Å²) in [5.74, 6) is 1.23. The molecule has 0 heterocycles. The van der Waals surface area contributed by atoms with E-state index in [9.17, 15) is 4.39 Å². The average Bonchev–Trinajstić information content (AvgIpc) is 2.38. The minimum atomic E-state index is -0.157. The second kappa shape index (κ2) is 6.33. The molecule has 0 spiro atoms. The molecule has 0 aromatic heterocycles. The maximum absolute atomic E-state index is 13.2. The third-order valence-electron chi connectivity index (χ3n) is 4.40. The second-order valence-electron chi connectivity index (χ2n) is 5.61. The third-order valence-corrected chi connectivity index (χ3v) is 4.40. The van der Waals surface area contributed by atoms with Crippen LogP contribution in [0.3, 0.4) is 0 Å². The molecule has 18 heavy (non-hydrogen) atoms. The highest BCUT2D eigenvalue weighted by molar-refractivity contribution is 5.17. The molecule has 3 unspecified atom stereocenters. The monoisotopic (exact) mass is 249 g/mol. The van der Waals surface area contributed by atoms with Gasteiger partial charge in [-0.25, -0.2) is 4.39 Å². The molecule has 1 saturated carbocycles. The third kappa shape index (κ3) is 3.32. The average molecular weight is 249 g/mol. The SMILES string of the molecule is CCC1CCCCC1C(N)Cc1cccc(F)c1. The van der Waals surface area contributed by atoms with Crippen molar-refractivity contribution in [2.75, 3.05) is 0 Å². The minimum Gasteiger partial charge on any atom is -0.327 e. The van der Waals surface area contributed by atoms with Gasteiger partial charge in [-0.15, -0.1) is 0 Å². The van der Waals surface area contributed by atoms with Crippen molar-refractivity contribution < 1.29 is 4.39 Å². The van der Waals surface area contributed by atoms with Crippen LogP contribution in [0.25, 0.3) is 0 Å². The summed E-state index contributed by atoms with van der Waals surface area (Å²) in [5, 5.41) is 0. The van der Waals surface area contributed by atoms with Crippen molar-refractivity contribution in [3.8, 4) is 0 Å². The Morgan fingerprint density at radius 3 is 2.83 bits per heavy atom. The predicted molar refractivity (Wildman–Crippen MR) is 73.8 cm³/mol. The van der Waals surface area contributed by atoms with E-state index in [1.54, 1.807) is 12.1 Å². The fourth-order valence-corrected chi connectivity index (χ4v) is 3.39. The summed E-state index contributed by atoms with van der Waals surface area (Å²) in [6.07, 6.45) is 7.24. The first-order valence-electron chi connectivity index (χ1n) is 7.20. The molecule has 100 valence electrons. The van der Waals surface area contributed by atoms with Crippen LogP contribution in [-0.4, -0.2) is 6.04 Å². The second-order valence-corrected chi connectivity index (χ2v) is 5.61. The lowest BCUT2D eigenvalue weighted by Gasteiger charge is -2.35. The Hall–Kier alpha value is -0.890. The van der Waals surface area contributed by atoms with Crippen molar-refractivity contribution in [1.29, 1.82) is 0 Å². The first-order chi connectivity index (χ1) is 8.70. The van der Waals surface area contributed by atoms with Gasteiger partial charge < -0.3 is 5.73 Å². The van der Waals surface area contributed by atoms with E-state index in [0.29, 0.717) is 5.92 Å². The lowest BCUT2D eigenvalue weighted by molar-refractivity contribution is 0.195. The first kappa shape index (κ1) is 13.5. The standard InChI is InChI=1S/C16H24FN/c1-2-13-7-3-4-9-15(13)16(18)11-12-6-5-8-14(17)10-12/h5-6,8,10,13,15-16H,2-4,7,9,11,18H2,1H3. The van der Waals surface area contributed by atoms with E-state index in [2.05, 4.69) is 6.92 Å². The maximum atomic E-state index is 13.2. The Morgan fingerprint density at radius 2 is 2.11 bits per heavy atom. The molecule has 1 aromatic rings. The summed E-state index contributed by atoms with van der Waals surface area (Å²) >= 11 is 0. The number of nitrogens with two attached hydrogens (primary N) is 1. The number of hydrogen-bond donors (Lipinski definition) is 1. The summed E-state index contributed by atoms with van der Waals surface area (Å²) in [6.45, 7) is 2.26. The Labute approximate surface area is 110 Å². The van der Waals surface area contributed by atoms with E-state index in [1.165, 1.54) is 38.2 Å². The Balaban J connectivity index is 1.99. The molecule has 0 aliphatic heterocycles. The zero-order valence-electron chi connectivity index (χ0n) is 11.2. The van der Waals surface area contributed by atoms with Gasteiger partial charge in [0.2, 0.25) is 0 Å². The number of halogens is 1. The van der Waals surface area contributed by atoms with Crippen molar-refractivity contribution in [3.63, 3.8) is 0 Å². The van der Waals surface area contributed by atoms with E-state index in [0.717, 1.165) is 17.9 Å². The van der Waals surface area contributed by atoms with Crippen molar-refractivity contribution in [3.05, 3.63) is 35.6 Å². The van der Waals surface area contributed by atoms with Crippen LogP contribution in [-0.2, 0) is 6.42 Å². The molecule has 0 bridgehead atoms. The van der Waals surface area contributed by atoms with Gasteiger partial charge in [0.1, 0.15) is 5.82 Å². The minimum absolute atomic E-state index is 0.157. The molecule has 0 radical (unpaired) electrons. The molecule has 1 nitrogen and oxygen atoms in total. The van der Waals surface area contributed by atoms with E-state index >= 15 is 0 Å². The molecule has 1 aromatic carbocycles. The largest absolute Gasteiger partial charge is 0.327 e. The van der Waals surface area contributed by atoms with Crippen molar-refractivity contribution in [2.24, 2.45) is 17.6 Å². The Morgan fingerprint density at radius 1 is 1.33 bits per heavy atom. The summed E-state index contributed by atoms with van der Waals surface area (Å²) in [5.41, 5.74) is 7.40. The predicted octanol–water partition coefficient (Wildman–Crippen LogP) is 3.91. The molecule has 1 aliphatic rings. The molecule has 2 N–H and O–H groups in total. The van der Waals surface area contributed by atoms with Gasteiger partial charge in [0.15, 0.2) is 0 Å². The molecule has 1 fully saturated rings. The van der Waals surface area contributed by atoms with Gasteiger partial charge in [-0.1, -0.05) is 44.7 Å². The van der Waals surface area contributed by atoms with Crippen molar-refractivity contribution >= 4 is 0 Å². The highest BCUT2D eigenvalue weighted by Crippen LogP contribution is 2.34. The number of hydrogen-bond acceptors (Lipinski definition) is 1. The first-order valence-corrected chi connectivity index (χ1v) is 7.20. The maximum Gasteiger partial charge on any atom is 0.123 e. The molecule has 1 aliphatic carbocycles. The van der Waals surface area contributed by atoms with Gasteiger partial charge in [-0.3, -0.25) is 0 Å². The van der Waals surface area contributed by atoms with Gasteiger partial charge in [0.05, 0.1) is 0 Å². The fourth-order valence-electron chi connectivity index (χ4n) is 3.39. The van der Waals surface area contributed by atoms with Gasteiger partial charge in [0.25, 0.3) is 0 Å². The van der Waals surface area contributed by atoms with Crippen LogP contribution in [0.15, 0.2) is 24.3 Å². The highest BCUT2D eigenvalue weighted by atomic mass is 19.1. The zero-order valence-corrected chi connectivity index (χ0v) is 11.2. The van der Waals surface area contributed by atoms with Crippen LogP contribution in [0.4, 0.5) is 4.39 Å². The molecular formula is C16H24FN. The quantitative estimate of drug-likeness (QED) is 0.860. The van der Waals surface area contributed by atoms with Crippen LogP contribution in [0.5, 0.6) is 0 Å². The zero-order chi connectivity index (χ0) is 13.0. The van der Waals surface area contributed by atoms with E-state index in [1.807, 2.05) is 6.07 Å². The molecule has 0 saturated heterocycles. The van der Waals surface area contributed by atoms with Gasteiger partial charge in [-0.2, -0.15) is 0 Å². The van der Waals surface area contributed by atoms with E-state index in [4.69, 9.17) is 5.73 Å². The van der Waals surface area contributed by atoms with E-state index in [-0.39, 0.29) is 11.9 Å². The highest BCUT2D eigenvalue weighted by Gasteiger charge is 2.28. The van der Waals surface area contributed by atoms with Gasteiger partial charge >= 0.3 is 0 Å². The fraction of sp³-hybridized carbons (Fsp3) is 0.625. The van der Waals surface area contributed by atoms with E-state index < -0.39 is 0 Å². The van der Waals surface area contributed by atoms with Crippen LogP contribution in [0.1, 0.15) is 44.6 Å². The number of benzene rings is 1. The lowest BCUT2D eigenvalue weighted by Crippen LogP contribution is -2.38. The van der Waals surface area contributed by atoms with Crippen LogP contribution in [0.2, 0.25) is 0 Å². The summed E-state index contributed by atoms with van der Waals surface area (Å²) in [7, 11) is 0. The normalized spacial score (nSPS) is 25.9. The smallest absolute Gasteiger partial charge is 0.123 e. The van der Waals surface area contributed by atoms with Crippen molar-refractivity contribution in [2.45, 2.75) is 51.5 Å². The number of rotatable bonds is 4.